The number of nitrogens with one attached hydrogen (secondary N) is 1. The van der Waals surface area contributed by atoms with Gasteiger partial charge < -0.3 is 19.5 Å². The predicted molar refractivity (Wildman–Crippen MR) is 121 cm³/mol. The zero-order chi connectivity index (χ0) is 20.1. The molecule has 146 valence electrons. The molecule has 0 aliphatic carbocycles. The molecule has 2 aromatic rings. The first-order valence-corrected chi connectivity index (χ1v) is 10.4. The number of nitrogens with zero attached hydrogens (tertiary/aromatic N) is 1. The Hall–Kier alpha value is -2.20. The van der Waals surface area contributed by atoms with Crippen LogP contribution in [0.1, 0.15) is 12.5 Å². The van der Waals surface area contributed by atoms with E-state index in [4.69, 9.17) is 14.2 Å². The first-order valence-electron chi connectivity index (χ1n) is 8.48. The van der Waals surface area contributed by atoms with Crippen LogP contribution < -0.4 is 19.5 Å². The van der Waals surface area contributed by atoms with E-state index in [2.05, 4.69) is 32.9 Å². The molecule has 0 unspecified atom stereocenters. The molecule has 1 amide bonds. The van der Waals surface area contributed by atoms with Gasteiger partial charge >= 0.3 is 0 Å². The second-order valence-corrected chi connectivity index (χ2v) is 7.84. The lowest BCUT2D eigenvalue weighted by Crippen LogP contribution is -2.19. The molecule has 2 aromatic carbocycles. The van der Waals surface area contributed by atoms with Crippen molar-refractivity contribution in [1.29, 1.82) is 0 Å². The number of amidine groups is 1. The van der Waals surface area contributed by atoms with Crippen molar-refractivity contribution < 1.29 is 19.0 Å². The highest BCUT2D eigenvalue weighted by molar-refractivity contribution is 14.1. The molecule has 0 radical (unpaired) electrons. The standard InChI is InChI=1S/C20H19IN2O4S/c1-4-27-14-7-5-13(6-8-14)22-20-23-19(24)17(28-20)11-12-9-15(21)18(26-3)16(10-12)25-2/h5-11H,4H2,1-3H3,(H,22,23,24)/b17-11-. The molecule has 1 saturated heterocycles. The molecule has 1 aliphatic rings. The van der Waals surface area contributed by atoms with Gasteiger partial charge in [0.2, 0.25) is 0 Å². The summed E-state index contributed by atoms with van der Waals surface area (Å²) in [4.78, 5) is 17.4. The summed E-state index contributed by atoms with van der Waals surface area (Å²) in [5, 5.41) is 3.33. The van der Waals surface area contributed by atoms with E-state index in [1.807, 2.05) is 49.4 Å². The van der Waals surface area contributed by atoms with Gasteiger partial charge in [-0.05, 0) is 89.3 Å². The number of carbonyl (C=O) groups is 1. The molecule has 0 saturated carbocycles. The number of rotatable bonds is 6. The van der Waals surface area contributed by atoms with Crippen molar-refractivity contribution >= 4 is 57.2 Å². The number of carbonyl (C=O) groups excluding carboxylic acids is 1. The van der Waals surface area contributed by atoms with Crippen LogP contribution in [0.2, 0.25) is 0 Å². The molecule has 6 nitrogen and oxygen atoms in total. The van der Waals surface area contributed by atoms with Gasteiger partial charge in [0.1, 0.15) is 5.75 Å². The number of thioether (sulfide) groups is 1. The molecular weight excluding hydrogens is 491 g/mol. The van der Waals surface area contributed by atoms with Crippen molar-refractivity contribution in [3.8, 4) is 17.2 Å². The van der Waals surface area contributed by atoms with Crippen molar-refractivity contribution in [2.75, 3.05) is 20.8 Å². The highest BCUT2D eigenvalue weighted by Crippen LogP contribution is 2.35. The molecular formula is C20H19IN2O4S. The van der Waals surface area contributed by atoms with Crippen LogP contribution in [0.3, 0.4) is 0 Å². The van der Waals surface area contributed by atoms with Gasteiger partial charge in [-0.2, -0.15) is 0 Å². The smallest absolute Gasteiger partial charge is 0.264 e. The summed E-state index contributed by atoms with van der Waals surface area (Å²) in [6.07, 6.45) is 1.81. The Kier molecular flexibility index (Phi) is 6.84. The number of hydrogen-bond donors (Lipinski definition) is 1. The van der Waals surface area contributed by atoms with Gasteiger partial charge in [0, 0.05) is 0 Å². The fourth-order valence-electron chi connectivity index (χ4n) is 2.55. The fraction of sp³-hybridized carbons (Fsp3) is 0.200. The molecule has 3 rings (SSSR count). The first-order chi connectivity index (χ1) is 13.5. The number of amides is 1. The van der Waals surface area contributed by atoms with Crippen molar-refractivity contribution in [3.63, 3.8) is 0 Å². The molecule has 28 heavy (non-hydrogen) atoms. The van der Waals surface area contributed by atoms with Gasteiger partial charge in [-0.1, -0.05) is 0 Å². The number of benzene rings is 2. The monoisotopic (exact) mass is 510 g/mol. The molecule has 1 fully saturated rings. The summed E-state index contributed by atoms with van der Waals surface area (Å²) in [5.74, 6) is 1.90. The summed E-state index contributed by atoms with van der Waals surface area (Å²) in [5.41, 5.74) is 1.59. The average molecular weight is 510 g/mol. The second-order valence-electron chi connectivity index (χ2n) is 5.65. The van der Waals surface area contributed by atoms with E-state index in [1.54, 1.807) is 14.2 Å². The van der Waals surface area contributed by atoms with Crippen molar-refractivity contribution in [2.24, 2.45) is 4.99 Å². The van der Waals surface area contributed by atoms with Crippen LogP contribution in [-0.2, 0) is 4.79 Å². The number of aliphatic imine (C=N–C) groups is 1. The van der Waals surface area contributed by atoms with Crippen molar-refractivity contribution in [1.82, 2.24) is 5.32 Å². The zero-order valence-corrected chi connectivity index (χ0v) is 18.6. The zero-order valence-electron chi connectivity index (χ0n) is 15.6. The lowest BCUT2D eigenvalue weighted by molar-refractivity contribution is -0.115. The van der Waals surface area contributed by atoms with E-state index in [9.17, 15) is 4.79 Å². The quantitative estimate of drug-likeness (QED) is 0.455. The van der Waals surface area contributed by atoms with E-state index in [1.165, 1.54) is 11.8 Å². The molecule has 1 N–H and O–H groups in total. The van der Waals surface area contributed by atoms with Gasteiger partial charge in [-0.15, -0.1) is 0 Å². The summed E-state index contributed by atoms with van der Waals surface area (Å²) in [6.45, 7) is 2.55. The number of methoxy groups -OCH3 is 2. The van der Waals surface area contributed by atoms with Crippen LogP contribution in [0.5, 0.6) is 17.2 Å². The lowest BCUT2D eigenvalue weighted by atomic mass is 10.2. The molecule has 0 bridgehead atoms. The van der Waals surface area contributed by atoms with Crippen LogP contribution in [0.15, 0.2) is 46.3 Å². The number of ether oxygens (including phenoxy) is 3. The first kappa shape index (κ1) is 20.5. The van der Waals surface area contributed by atoms with E-state index in [-0.39, 0.29) is 5.91 Å². The minimum atomic E-state index is -0.181. The fourth-order valence-corrected chi connectivity index (χ4v) is 4.24. The highest BCUT2D eigenvalue weighted by Gasteiger charge is 2.24. The Morgan fingerprint density at radius 2 is 1.93 bits per heavy atom. The largest absolute Gasteiger partial charge is 0.494 e. The van der Waals surface area contributed by atoms with Gasteiger partial charge in [0.05, 0.1) is 35.0 Å². The number of halogens is 1. The normalized spacial score (nSPS) is 16.4. The van der Waals surface area contributed by atoms with E-state index < -0.39 is 0 Å². The predicted octanol–water partition coefficient (Wildman–Crippen LogP) is 4.60. The second kappa shape index (κ2) is 9.33. The molecule has 1 aliphatic heterocycles. The van der Waals surface area contributed by atoms with Crippen LogP contribution in [-0.4, -0.2) is 31.9 Å². The summed E-state index contributed by atoms with van der Waals surface area (Å²) >= 11 is 3.48. The topological polar surface area (TPSA) is 69.2 Å². The van der Waals surface area contributed by atoms with Crippen LogP contribution >= 0.6 is 34.4 Å². The highest BCUT2D eigenvalue weighted by atomic mass is 127. The molecule has 8 heteroatoms. The van der Waals surface area contributed by atoms with E-state index in [0.29, 0.717) is 28.2 Å². The Bertz CT molecular complexity index is 942. The van der Waals surface area contributed by atoms with Gasteiger partial charge in [-0.3, -0.25) is 4.79 Å². The summed E-state index contributed by atoms with van der Waals surface area (Å²) < 4.78 is 17.1. The number of hydrogen-bond acceptors (Lipinski definition) is 6. The van der Waals surface area contributed by atoms with Crippen LogP contribution in [0, 0.1) is 3.57 Å². The SMILES string of the molecule is CCOc1ccc(N=C2NC(=O)/C(=C/c3cc(I)c(OC)c(OC)c3)S2)cc1. The third-order valence-electron chi connectivity index (χ3n) is 3.78. The minimum Gasteiger partial charge on any atom is -0.494 e. The Morgan fingerprint density at radius 3 is 2.57 bits per heavy atom. The summed E-state index contributed by atoms with van der Waals surface area (Å²) in [6, 6.07) is 11.2. The Labute approximate surface area is 181 Å². The van der Waals surface area contributed by atoms with Crippen molar-refractivity contribution in [2.45, 2.75) is 6.92 Å². The van der Waals surface area contributed by atoms with Crippen molar-refractivity contribution in [3.05, 3.63) is 50.4 Å². The van der Waals surface area contributed by atoms with Crippen LogP contribution in [0.4, 0.5) is 5.69 Å². The maximum absolute atomic E-state index is 12.3. The average Bonchev–Trinajstić information content (AvgIpc) is 3.02. The third kappa shape index (κ3) is 4.79. The molecule has 0 aromatic heterocycles. The Morgan fingerprint density at radius 1 is 1.18 bits per heavy atom. The summed E-state index contributed by atoms with van der Waals surface area (Å²) in [7, 11) is 3.19. The van der Waals surface area contributed by atoms with E-state index >= 15 is 0 Å². The van der Waals surface area contributed by atoms with E-state index in [0.717, 1.165) is 20.6 Å². The van der Waals surface area contributed by atoms with Crippen LogP contribution in [0.25, 0.3) is 6.08 Å². The van der Waals surface area contributed by atoms with Gasteiger partial charge in [0.15, 0.2) is 16.7 Å². The maximum atomic E-state index is 12.3. The third-order valence-corrected chi connectivity index (χ3v) is 5.49. The molecule has 0 spiro atoms. The molecule has 0 atom stereocenters. The molecule has 1 heterocycles. The lowest BCUT2D eigenvalue weighted by Gasteiger charge is -2.10. The minimum absolute atomic E-state index is 0.181. The maximum Gasteiger partial charge on any atom is 0.264 e. The van der Waals surface area contributed by atoms with Gasteiger partial charge in [0.25, 0.3) is 5.91 Å². The Balaban J connectivity index is 1.81. The van der Waals surface area contributed by atoms with Gasteiger partial charge in [-0.25, -0.2) is 4.99 Å².